The first kappa shape index (κ1) is 18.3. The van der Waals surface area contributed by atoms with Gasteiger partial charge >= 0.3 is 0 Å². The number of rotatable bonds is 2. The van der Waals surface area contributed by atoms with Gasteiger partial charge in [0.15, 0.2) is 0 Å². The summed E-state index contributed by atoms with van der Waals surface area (Å²) in [4.78, 5) is 2.43. The minimum Gasteiger partial charge on any atom is -1.00 e. The van der Waals surface area contributed by atoms with E-state index in [0.717, 1.165) is 18.1 Å². The highest BCUT2D eigenvalue weighted by atomic mass is 127. The average Bonchev–Trinajstić information content (AvgIpc) is 2.53. The summed E-state index contributed by atoms with van der Waals surface area (Å²) in [5.74, 6) is 1.27. The van der Waals surface area contributed by atoms with Crippen molar-refractivity contribution in [1.29, 1.82) is 0 Å². The smallest absolute Gasteiger partial charge is 0.284 e. The van der Waals surface area contributed by atoms with Gasteiger partial charge in [-0.05, 0) is 55.7 Å². The second-order valence-electron chi connectivity index (χ2n) is 5.80. The summed E-state index contributed by atoms with van der Waals surface area (Å²) in [6.07, 6.45) is 3.75. The molecule has 0 fully saturated rings. The molecular formula is C19H22ClIN2. The highest BCUT2D eigenvalue weighted by molar-refractivity contribution is 6.30. The summed E-state index contributed by atoms with van der Waals surface area (Å²) in [6.45, 7) is 2.13. The SMILES string of the molecule is C[N+]1=C(c2ccc(Cl)cc2)N(c2ccccc2)CCCCC1.[I-]. The molecule has 0 saturated heterocycles. The molecule has 0 unspecified atom stereocenters. The molecule has 2 nitrogen and oxygen atoms in total. The van der Waals surface area contributed by atoms with Gasteiger partial charge in [0.1, 0.15) is 5.69 Å². The van der Waals surface area contributed by atoms with Crippen LogP contribution in [0.2, 0.25) is 5.02 Å². The third-order valence-electron chi connectivity index (χ3n) is 4.16. The van der Waals surface area contributed by atoms with Crippen LogP contribution in [0, 0.1) is 0 Å². The van der Waals surface area contributed by atoms with E-state index in [1.807, 2.05) is 12.1 Å². The molecular weight excluding hydrogens is 419 g/mol. The number of anilines is 1. The minimum absolute atomic E-state index is 0. The summed E-state index contributed by atoms with van der Waals surface area (Å²) in [6, 6.07) is 18.8. The van der Waals surface area contributed by atoms with Gasteiger partial charge in [0.2, 0.25) is 0 Å². The molecule has 3 rings (SSSR count). The predicted molar refractivity (Wildman–Crippen MR) is 94.3 cm³/mol. The number of halogens is 2. The summed E-state index contributed by atoms with van der Waals surface area (Å²) in [5.41, 5.74) is 2.47. The first-order chi connectivity index (χ1) is 10.8. The van der Waals surface area contributed by atoms with Gasteiger partial charge in [-0.15, -0.1) is 0 Å². The molecule has 4 heteroatoms. The summed E-state index contributed by atoms with van der Waals surface area (Å²) in [5, 5.41) is 0.782. The van der Waals surface area contributed by atoms with E-state index >= 15 is 0 Å². The predicted octanol–water partition coefficient (Wildman–Crippen LogP) is 1.42. The molecule has 0 bridgehead atoms. The van der Waals surface area contributed by atoms with Crippen molar-refractivity contribution in [3.63, 3.8) is 0 Å². The van der Waals surface area contributed by atoms with Crippen LogP contribution in [0.25, 0.3) is 0 Å². The zero-order valence-corrected chi connectivity index (χ0v) is 16.3. The number of hydrogen-bond donors (Lipinski definition) is 0. The van der Waals surface area contributed by atoms with Gasteiger partial charge < -0.3 is 24.0 Å². The van der Waals surface area contributed by atoms with Crippen LogP contribution in [0.4, 0.5) is 5.69 Å². The Morgan fingerprint density at radius 2 is 1.61 bits per heavy atom. The van der Waals surface area contributed by atoms with Crippen molar-refractivity contribution < 1.29 is 28.6 Å². The Morgan fingerprint density at radius 1 is 0.913 bits per heavy atom. The largest absolute Gasteiger partial charge is 1.00 e. The Labute approximate surface area is 160 Å². The average molecular weight is 441 g/mol. The van der Waals surface area contributed by atoms with E-state index in [9.17, 15) is 0 Å². The maximum absolute atomic E-state index is 6.06. The van der Waals surface area contributed by atoms with Crippen molar-refractivity contribution in [2.45, 2.75) is 19.3 Å². The van der Waals surface area contributed by atoms with Gasteiger partial charge in [-0.25, -0.2) is 4.90 Å². The molecule has 0 saturated carbocycles. The third-order valence-corrected chi connectivity index (χ3v) is 4.41. The van der Waals surface area contributed by atoms with E-state index in [1.54, 1.807) is 0 Å². The number of hydrogen-bond acceptors (Lipinski definition) is 1. The standard InChI is InChI=1S/C19H22ClN2.HI/c1-21-14-6-3-7-15-22(18-8-4-2-5-9-18)19(21)16-10-12-17(20)13-11-16;/h2,4-5,8-13H,3,6-7,14-15H2,1H3;1H/q+1;/p-1. The zero-order chi connectivity index (χ0) is 15.4. The van der Waals surface area contributed by atoms with Gasteiger partial charge in [-0.1, -0.05) is 29.8 Å². The Balaban J connectivity index is 0.00000192. The lowest BCUT2D eigenvalue weighted by molar-refractivity contribution is -0.498. The molecule has 1 heterocycles. The molecule has 0 spiro atoms. The summed E-state index contributed by atoms with van der Waals surface area (Å²) < 4.78 is 2.37. The molecule has 0 amide bonds. The van der Waals surface area contributed by atoms with Crippen LogP contribution < -0.4 is 28.9 Å². The molecule has 122 valence electrons. The van der Waals surface area contributed by atoms with Crippen molar-refractivity contribution >= 4 is 23.1 Å². The fraction of sp³-hybridized carbons (Fsp3) is 0.316. The first-order valence-corrected chi connectivity index (χ1v) is 8.30. The van der Waals surface area contributed by atoms with Crippen LogP contribution in [-0.2, 0) is 0 Å². The molecule has 1 aliphatic rings. The molecule has 1 aliphatic heterocycles. The minimum atomic E-state index is 0. The number of amidine groups is 1. The van der Waals surface area contributed by atoms with Crippen LogP contribution in [0.5, 0.6) is 0 Å². The van der Waals surface area contributed by atoms with Crippen molar-refractivity contribution in [3.8, 4) is 0 Å². The normalized spacial score (nSPS) is 15.7. The highest BCUT2D eigenvalue weighted by Gasteiger charge is 2.26. The van der Waals surface area contributed by atoms with E-state index in [2.05, 4.69) is 59.0 Å². The van der Waals surface area contributed by atoms with Gasteiger partial charge in [-0.3, -0.25) is 4.58 Å². The topological polar surface area (TPSA) is 6.25 Å². The van der Waals surface area contributed by atoms with E-state index in [1.165, 1.54) is 36.3 Å². The van der Waals surface area contributed by atoms with E-state index < -0.39 is 0 Å². The van der Waals surface area contributed by atoms with Crippen molar-refractivity contribution in [2.24, 2.45) is 0 Å². The van der Waals surface area contributed by atoms with Gasteiger partial charge in [-0.2, -0.15) is 0 Å². The molecule has 23 heavy (non-hydrogen) atoms. The van der Waals surface area contributed by atoms with Crippen molar-refractivity contribution in [1.82, 2.24) is 0 Å². The van der Waals surface area contributed by atoms with Gasteiger partial charge in [0, 0.05) is 5.02 Å². The summed E-state index contributed by atoms with van der Waals surface area (Å²) >= 11 is 6.06. The highest BCUT2D eigenvalue weighted by Crippen LogP contribution is 2.21. The number of nitrogens with zero attached hydrogens (tertiary/aromatic N) is 2. The Morgan fingerprint density at radius 3 is 2.30 bits per heavy atom. The van der Waals surface area contributed by atoms with Crippen LogP contribution in [0.1, 0.15) is 24.8 Å². The molecule has 0 atom stereocenters. The second-order valence-corrected chi connectivity index (χ2v) is 6.24. The molecule has 0 aliphatic carbocycles. The zero-order valence-electron chi connectivity index (χ0n) is 13.4. The van der Waals surface area contributed by atoms with E-state index in [4.69, 9.17) is 11.6 Å². The molecule has 0 N–H and O–H groups in total. The van der Waals surface area contributed by atoms with Crippen LogP contribution in [0.3, 0.4) is 0 Å². The maximum atomic E-state index is 6.06. The number of para-hydroxylation sites is 1. The van der Waals surface area contributed by atoms with Crippen LogP contribution >= 0.6 is 11.6 Å². The van der Waals surface area contributed by atoms with Crippen molar-refractivity contribution in [3.05, 3.63) is 65.2 Å². The second kappa shape index (κ2) is 8.69. The molecule has 0 radical (unpaired) electrons. The first-order valence-electron chi connectivity index (χ1n) is 7.92. The lowest BCUT2D eigenvalue weighted by Gasteiger charge is -2.24. The molecule has 0 aromatic heterocycles. The fourth-order valence-corrected chi connectivity index (χ4v) is 3.17. The Bertz CT molecular complexity index is 653. The molecule has 2 aromatic carbocycles. The van der Waals surface area contributed by atoms with Crippen LogP contribution in [-0.4, -0.2) is 30.5 Å². The monoisotopic (exact) mass is 440 g/mol. The Hall–Kier alpha value is -1.07. The quantitative estimate of drug-likeness (QED) is 0.506. The van der Waals surface area contributed by atoms with Crippen molar-refractivity contribution in [2.75, 3.05) is 25.0 Å². The number of benzene rings is 2. The lowest BCUT2D eigenvalue weighted by atomic mass is 10.1. The maximum Gasteiger partial charge on any atom is 0.284 e. The van der Waals surface area contributed by atoms with Gasteiger partial charge in [0.25, 0.3) is 5.84 Å². The molecule has 2 aromatic rings. The van der Waals surface area contributed by atoms with E-state index in [0.29, 0.717) is 0 Å². The van der Waals surface area contributed by atoms with E-state index in [-0.39, 0.29) is 24.0 Å². The van der Waals surface area contributed by atoms with Gasteiger partial charge in [0.05, 0.1) is 25.7 Å². The fourth-order valence-electron chi connectivity index (χ4n) is 3.05. The Kier molecular flexibility index (Phi) is 6.90. The van der Waals surface area contributed by atoms with Crippen LogP contribution in [0.15, 0.2) is 54.6 Å². The lowest BCUT2D eigenvalue weighted by Crippen LogP contribution is -3.00. The summed E-state index contributed by atoms with van der Waals surface area (Å²) in [7, 11) is 2.19. The third kappa shape index (κ3) is 4.48.